The lowest BCUT2D eigenvalue weighted by molar-refractivity contribution is -0.113. The Hall–Kier alpha value is -4.31. The molecule has 0 aliphatic carbocycles. The van der Waals surface area contributed by atoms with Gasteiger partial charge in [-0.2, -0.15) is 0 Å². The Morgan fingerprint density at radius 3 is 2.41 bits per heavy atom. The number of nitrogens with one attached hydrogen (secondary N) is 1. The quantitative estimate of drug-likeness (QED) is 0.318. The summed E-state index contributed by atoms with van der Waals surface area (Å²) in [6, 6.07) is 22.8. The summed E-state index contributed by atoms with van der Waals surface area (Å²) in [5.74, 6) is 1.18. The first-order chi connectivity index (χ1) is 19.0. The zero-order valence-corrected chi connectivity index (χ0v) is 22.6. The second-order valence-corrected chi connectivity index (χ2v) is 10.1. The van der Waals surface area contributed by atoms with Crippen LogP contribution in [0.1, 0.15) is 15.9 Å². The van der Waals surface area contributed by atoms with Crippen LogP contribution in [0.25, 0.3) is 11.5 Å². The molecule has 10 heteroatoms. The Bertz CT molecular complexity index is 1430. The molecule has 0 radical (unpaired) electrons. The van der Waals surface area contributed by atoms with Crippen LogP contribution in [0.15, 0.2) is 82.4 Å². The van der Waals surface area contributed by atoms with Gasteiger partial charge in [0.25, 0.3) is 11.1 Å². The van der Waals surface area contributed by atoms with Gasteiger partial charge in [-0.1, -0.05) is 29.5 Å². The number of piperazine rings is 1. The smallest absolute Gasteiger partial charge is 0.277 e. The molecule has 2 heterocycles. The first-order valence-electron chi connectivity index (χ1n) is 12.6. The fourth-order valence-corrected chi connectivity index (χ4v) is 4.89. The van der Waals surface area contributed by atoms with Crippen molar-refractivity contribution in [3.8, 4) is 17.2 Å². The number of thioether (sulfide) groups is 1. The van der Waals surface area contributed by atoms with Crippen molar-refractivity contribution in [1.82, 2.24) is 15.1 Å². The number of benzene rings is 3. The highest BCUT2D eigenvalue weighted by Gasteiger charge is 2.22. The zero-order valence-electron chi connectivity index (χ0n) is 21.8. The maximum Gasteiger partial charge on any atom is 0.277 e. The van der Waals surface area contributed by atoms with E-state index in [4.69, 9.17) is 9.15 Å². The molecule has 3 aromatic carbocycles. The second-order valence-electron chi connectivity index (χ2n) is 9.13. The third-order valence-corrected chi connectivity index (χ3v) is 7.24. The molecule has 5 rings (SSSR count). The van der Waals surface area contributed by atoms with E-state index in [0.717, 1.165) is 41.2 Å². The van der Waals surface area contributed by atoms with E-state index in [2.05, 4.69) is 20.4 Å². The minimum atomic E-state index is -0.166. The lowest BCUT2D eigenvalue weighted by atomic mass is 10.1. The number of methoxy groups -OCH3 is 1. The summed E-state index contributed by atoms with van der Waals surface area (Å²) < 4.78 is 10.8. The van der Waals surface area contributed by atoms with Gasteiger partial charge in [0.05, 0.1) is 12.9 Å². The van der Waals surface area contributed by atoms with E-state index >= 15 is 0 Å². The van der Waals surface area contributed by atoms with Crippen molar-refractivity contribution in [2.75, 3.05) is 49.3 Å². The highest BCUT2D eigenvalue weighted by atomic mass is 32.2. The van der Waals surface area contributed by atoms with Crippen molar-refractivity contribution in [2.24, 2.45) is 0 Å². The number of nitrogens with zero attached hydrogens (tertiary/aromatic N) is 4. The van der Waals surface area contributed by atoms with Crippen LogP contribution in [0.4, 0.5) is 11.4 Å². The van der Waals surface area contributed by atoms with E-state index in [1.807, 2.05) is 84.6 Å². The molecule has 0 atom stereocenters. The van der Waals surface area contributed by atoms with Crippen molar-refractivity contribution < 1.29 is 18.7 Å². The minimum Gasteiger partial charge on any atom is -0.497 e. The van der Waals surface area contributed by atoms with Crippen LogP contribution in [-0.2, 0) is 4.79 Å². The first kappa shape index (κ1) is 26.3. The van der Waals surface area contributed by atoms with Crippen LogP contribution in [0, 0.1) is 6.92 Å². The first-order valence-corrected chi connectivity index (χ1v) is 13.6. The summed E-state index contributed by atoms with van der Waals surface area (Å²) in [7, 11) is 1.61. The molecule has 4 aromatic rings. The molecular formula is C29H29N5O4S. The van der Waals surface area contributed by atoms with E-state index in [1.54, 1.807) is 7.11 Å². The van der Waals surface area contributed by atoms with Crippen molar-refractivity contribution in [3.63, 3.8) is 0 Å². The molecule has 0 bridgehead atoms. The van der Waals surface area contributed by atoms with Gasteiger partial charge in [-0.15, -0.1) is 10.2 Å². The fourth-order valence-electron chi connectivity index (χ4n) is 4.33. The summed E-state index contributed by atoms with van der Waals surface area (Å²) in [4.78, 5) is 29.4. The Morgan fingerprint density at radius 1 is 0.974 bits per heavy atom. The molecule has 0 unspecified atom stereocenters. The third kappa shape index (κ3) is 6.58. The average Bonchev–Trinajstić information content (AvgIpc) is 3.45. The fraction of sp³-hybridized carbons (Fsp3) is 0.241. The predicted octanol–water partition coefficient (Wildman–Crippen LogP) is 4.75. The SMILES string of the molecule is COc1ccc(-c2nnc(SCC(=O)Nc3ccc(N4CCN(C(=O)c5cccc(C)c5)CC4)cc3)o2)cc1. The summed E-state index contributed by atoms with van der Waals surface area (Å²) >= 11 is 1.18. The van der Waals surface area contributed by atoms with Gasteiger partial charge in [-0.05, 0) is 67.6 Å². The normalized spacial score (nSPS) is 13.3. The minimum absolute atomic E-state index is 0.0757. The van der Waals surface area contributed by atoms with Crippen molar-refractivity contribution in [1.29, 1.82) is 0 Å². The molecule has 1 aliphatic heterocycles. The highest BCUT2D eigenvalue weighted by Crippen LogP contribution is 2.25. The van der Waals surface area contributed by atoms with Gasteiger partial charge >= 0.3 is 0 Å². The number of rotatable bonds is 8. The van der Waals surface area contributed by atoms with Crippen LogP contribution in [-0.4, -0.2) is 66.0 Å². The molecule has 200 valence electrons. The van der Waals surface area contributed by atoms with Crippen LogP contribution in [0.3, 0.4) is 0 Å². The molecule has 2 amide bonds. The number of aryl methyl sites for hydroxylation is 1. The van der Waals surface area contributed by atoms with Crippen LogP contribution in [0.2, 0.25) is 0 Å². The number of hydrogen-bond donors (Lipinski definition) is 1. The van der Waals surface area contributed by atoms with E-state index in [-0.39, 0.29) is 17.6 Å². The van der Waals surface area contributed by atoms with Crippen molar-refractivity contribution >= 4 is 35.0 Å². The van der Waals surface area contributed by atoms with Crippen LogP contribution < -0.4 is 15.0 Å². The van der Waals surface area contributed by atoms with Gasteiger partial charge in [0, 0.05) is 48.7 Å². The van der Waals surface area contributed by atoms with E-state index in [9.17, 15) is 9.59 Å². The molecule has 0 saturated carbocycles. The molecule has 1 fully saturated rings. The Labute approximate surface area is 231 Å². The van der Waals surface area contributed by atoms with E-state index < -0.39 is 0 Å². The number of carbonyl (C=O) groups excluding carboxylic acids is 2. The number of ether oxygens (including phenoxy) is 1. The standard InChI is InChI=1S/C29H29N5O4S/c1-20-4-3-5-22(18-20)28(36)34-16-14-33(15-17-34)24-10-8-23(9-11-24)30-26(35)19-39-29-32-31-27(38-29)21-6-12-25(37-2)13-7-21/h3-13,18H,14-17,19H2,1-2H3,(H,30,35). The number of amides is 2. The van der Waals surface area contributed by atoms with Gasteiger partial charge in [-0.25, -0.2) is 0 Å². The number of anilines is 2. The maximum absolute atomic E-state index is 12.8. The molecule has 1 N–H and O–H groups in total. The Balaban J connectivity index is 1.08. The lowest BCUT2D eigenvalue weighted by Gasteiger charge is -2.36. The highest BCUT2D eigenvalue weighted by molar-refractivity contribution is 7.99. The molecule has 1 aliphatic rings. The number of aromatic nitrogens is 2. The number of carbonyl (C=O) groups is 2. The molecule has 39 heavy (non-hydrogen) atoms. The maximum atomic E-state index is 12.8. The Morgan fingerprint density at radius 2 is 1.72 bits per heavy atom. The van der Waals surface area contributed by atoms with Gasteiger partial charge in [0.1, 0.15) is 5.75 Å². The lowest BCUT2D eigenvalue weighted by Crippen LogP contribution is -2.48. The van der Waals surface area contributed by atoms with Gasteiger partial charge < -0.3 is 24.3 Å². The third-order valence-electron chi connectivity index (χ3n) is 6.42. The second kappa shape index (κ2) is 12.0. The van der Waals surface area contributed by atoms with Crippen LogP contribution >= 0.6 is 11.8 Å². The molecule has 1 saturated heterocycles. The molecule has 1 aromatic heterocycles. The van der Waals surface area contributed by atoms with Crippen LogP contribution in [0.5, 0.6) is 5.75 Å². The van der Waals surface area contributed by atoms with Gasteiger partial charge in [0.15, 0.2) is 0 Å². The topological polar surface area (TPSA) is 101 Å². The van der Waals surface area contributed by atoms with E-state index in [1.165, 1.54) is 11.8 Å². The van der Waals surface area contributed by atoms with Gasteiger partial charge in [-0.3, -0.25) is 9.59 Å². The van der Waals surface area contributed by atoms with Crippen molar-refractivity contribution in [3.05, 3.63) is 83.9 Å². The summed E-state index contributed by atoms with van der Waals surface area (Å²) in [6.07, 6.45) is 0. The van der Waals surface area contributed by atoms with Crippen molar-refractivity contribution in [2.45, 2.75) is 12.1 Å². The zero-order chi connectivity index (χ0) is 27.2. The molecule has 0 spiro atoms. The Kier molecular flexibility index (Phi) is 8.12. The van der Waals surface area contributed by atoms with Gasteiger partial charge in [0.2, 0.25) is 11.8 Å². The van der Waals surface area contributed by atoms with E-state index in [0.29, 0.717) is 29.9 Å². The average molecular weight is 544 g/mol. The molecule has 9 nitrogen and oxygen atoms in total. The summed E-state index contributed by atoms with van der Waals surface area (Å²) in [6.45, 7) is 4.83. The predicted molar refractivity (Wildman–Crippen MR) is 151 cm³/mol. The largest absolute Gasteiger partial charge is 0.497 e. The molecular weight excluding hydrogens is 514 g/mol. The summed E-state index contributed by atoms with van der Waals surface area (Å²) in [5.41, 5.74) is 4.36. The number of hydrogen-bond acceptors (Lipinski definition) is 8. The summed E-state index contributed by atoms with van der Waals surface area (Å²) in [5, 5.41) is 11.3. The monoisotopic (exact) mass is 543 g/mol.